The third-order valence-corrected chi connectivity index (χ3v) is 4.38. The molecule has 3 rings (SSSR count). The molecule has 1 aliphatic rings. The fraction of sp³-hybridized carbons (Fsp3) is 0.286. The van der Waals surface area contributed by atoms with Crippen molar-refractivity contribution in [3.8, 4) is 11.1 Å². The van der Waals surface area contributed by atoms with Crippen LogP contribution in [0, 0.1) is 11.6 Å². The summed E-state index contributed by atoms with van der Waals surface area (Å²) >= 11 is 1.60. The Morgan fingerprint density at radius 3 is 2.56 bits per heavy atom. The highest BCUT2D eigenvalue weighted by atomic mass is 32.1. The van der Waals surface area contributed by atoms with Crippen LogP contribution in [0.5, 0.6) is 0 Å². The molecule has 1 aliphatic heterocycles. The number of nitrogens with one attached hydrogen (secondary N) is 1. The lowest BCUT2D eigenvalue weighted by molar-refractivity contribution is 0.589. The Bertz CT molecular complexity index is 557. The first-order valence-electron chi connectivity index (χ1n) is 6.01. The van der Waals surface area contributed by atoms with Gasteiger partial charge in [0, 0.05) is 10.4 Å². The molecule has 0 saturated carbocycles. The molecule has 0 spiro atoms. The predicted octanol–water partition coefficient (Wildman–Crippen LogP) is 3.38. The smallest absolute Gasteiger partial charge is 0.134 e. The Kier molecular flexibility index (Phi) is 3.14. The summed E-state index contributed by atoms with van der Waals surface area (Å²) in [6, 6.07) is 4.04. The molecule has 1 N–H and O–H groups in total. The van der Waals surface area contributed by atoms with Crippen LogP contribution in [-0.2, 0) is 12.8 Å². The molecular weight excluding hydrogens is 252 g/mol. The lowest BCUT2D eigenvalue weighted by atomic mass is 9.99. The second kappa shape index (κ2) is 4.78. The van der Waals surface area contributed by atoms with Crippen molar-refractivity contribution in [2.45, 2.75) is 12.8 Å². The van der Waals surface area contributed by atoms with E-state index in [1.165, 1.54) is 23.1 Å². The lowest BCUT2D eigenvalue weighted by Gasteiger charge is -2.07. The highest BCUT2D eigenvalue weighted by molar-refractivity contribution is 7.10. The number of fused-ring (bicyclic) bond motifs is 1. The molecule has 1 aromatic carbocycles. The van der Waals surface area contributed by atoms with Crippen molar-refractivity contribution in [1.29, 1.82) is 0 Å². The summed E-state index contributed by atoms with van der Waals surface area (Å²) < 4.78 is 27.7. The summed E-state index contributed by atoms with van der Waals surface area (Å²) in [5, 5.41) is 5.19. The van der Waals surface area contributed by atoms with Gasteiger partial charge in [-0.15, -0.1) is 11.3 Å². The van der Waals surface area contributed by atoms with Gasteiger partial charge in [0.25, 0.3) is 0 Å². The average molecular weight is 265 g/mol. The standard InChI is InChI=1S/C14H13F2NS/c15-11-2-1-3-12(16)14(11)10-8-18-13-5-7-17-6-4-9(10)13/h1-3,8,17H,4-7H2. The molecule has 4 heteroatoms. The minimum Gasteiger partial charge on any atom is -0.316 e. The number of thiophene rings is 1. The summed E-state index contributed by atoms with van der Waals surface area (Å²) in [5.74, 6) is -0.958. The summed E-state index contributed by atoms with van der Waals surface area (Å²) in [7, 11) is 0. The van der Waals surface area contributed by atoms with Crippen LogP contribution >= 0.6 is 11.3 Å². The van der Waals surface area contributed by atoms with Crippen molar-refractivity contribution in [2.75, 3.05) is 13.1 Å². The van der Waals surface area contributed by atoms with Gasteiger partial charge in [-0.2, -0.15) is 0 Å². The summed E-state index contributed by atoms with van der Waals surface area (Å²) in [5.41, 5.74) is 1.96. The normalized spacial score (nSPS) is 15.2. The molecule has 0 amide bonds. The first kappa shape index (κ1) is 11.8. The fourth-order valence-electron chi connectivity index (χ4n) is 2.41. The zero-order chi connectivity index (χ0) is 12.5. The highest BCUT2D eigenvalue weighted by Crippen LogP contribution is 2.35. The van der Waals surface area contributed by atoms with Crippen molar-refractivity contribution >= 4 is 11.3 Å². The predicted molar refractivity (Wildman–Crippen MR) is 69.9 cm³/mol. The van der Waals surface area contributed by atoms with E-state index in [1.807, 2.05) is 5.38 Å². The second-order valence-corrected chi connectivity index (χ2v) is 5.36. The van der Waals surface area contributed by atoms with Crippen molar-refractivity contribution < 1.29 is 8.78 Å². The molecule has 0 atom stereocenters. The van der Waals surface area contributed by atoms with E-state index in [-0.39, 0.29) is 5.56 Å². The first-order valence-corrected chi connectivity index (χ1v) is 6.89. The molecule has 2 heterocycles. The summed E-state index contributed by atoms with van der Waals surface area (Å²) in [4.78, 5) is 1.25. The zero-order valence-electron chi connectivity index (χ0n) is 9.80. The van der Waals surface area contributed by atoms with E-state index >= 15 is 0 Å². The van der Waals surface area contributed by atoms with E-state index in [4.69, 9.17) is 0 Å². The van der Waals surface area contributed by atoms with E-state index in [2.05, 4.69) is 5.32 Å². The number of benzene rings is 1. The van der Waals surface area contributed by atoms with Gasteiger partial charge in [-0.05, 0) is 49.0 Å². The first-order chi connectivity index (χ1) is 8.77. The van der Waals surface area contributed by atoms with Crippen LogP contribution in [0.4, 0.5) is 8.78 Å². The Balaban J connectivity index is 2.15. The lowest BCUT2D eigenvalue weighted by Crippen LogP contribution is -2.16. The molecule has 0 fully saturated rings. The van der Waals surface area contributed by atoms with Crippen LogP contribution in [0.2, 0.25) is 0 Å². The molecule has 94 valence electrons. The van der Waals surface area contributed by atoms with E-state index in [1.54, 1.807) is 11.3 Å². The molecule has 0 bridgehead atoms. The van der Waals surface area contributed by atoms with Crippen LogP contribution in [0.1, 0.15) is 10.4 Å². The third kappa shape index (κ3) is 1.95. The Labute approximate surface area is 108 Å². The minimum absolute atomic E-state index is 0.122. The molecule has 18 heavy (non-hydrogen) atoms. The van der Waals surface area contributed by atoms with Gasteiger partial charge in [0.05, 0.1) is 5.56 Å². The third-order valence-electron chi connectivity index (χ3n) is 3.29. The molecule has 2 aromatic rings. The monoisotopic (exact) mass is 265 g/mol. The number of halogens is 2. The maximum absolute atomic E-state index is 13.8. The molecule has 0 radical (unpaired) electrons. The molecule has 0 unspecified atom stereocenters. The van der Waals surface area contributed by atoms with E-state index in [0.717, 1.165) is 37.1 Å². The second-order valence-electron chi connectivity index (χ2n) is 4.40. The van der Waals surface area contributed by atoms with Crippen LogP contribution in [0.25, 0.3) is 11.1 Å². The van der Waals surface area contributed by atoms with Crippen LogP contribution in [0.3, 0.4) is 0 Å². The van der Waals surface area contributed by atoms with Crippen LogP contribution < -0.4 is 5.32 Å². The van der Waals surface area contributed by atoms with E-state index < -0.39 is 11.6 Å². The SMILES string of the molecule is Fc1cccc(F)c1-c1csc2c1CCNCC2. The van der Waals surface area contributed by atoms with Crippen molar-refractivity contribution in [3.63, 3.8) is 0 Å². The zero-order valence-corrected chi connectivity index (χ0v) is 10.6. The van der Waals surface area contributed by atoms with Gasteiger partial charge < -0.3 is 5.32 Å². The van der Waals surface area contributed by atoms with Crippen molar-refractivity contribution in [1.82, 2.24) is 5.32 Å². The number of hydrogen-bond donors (Lipinski definition) is 1. The summed E-state index contributed by atoms with van der Waals surface area (Å²) in [6.45, 7) is 1.81. The van der Waals surface area contributed by atoms with Gasteiger partial charge in [0.15, 0.2) is 0 Å². The molecular formula is C14H13F2NS. The van der Waals surface area contributed by atoms with Gasteiger partial charge in [-0.1, -0.05) is 6.07 Å². The summed E-state index contributed by atoms with van der Waals surface area (Å²) in [6.07, 6.45) is 1.78. The molecule has 0 saturated heterocycles. The highest BCUT2D eigenvalue weighted by Gasteiger charge is 2.20. The van der Waals surface area contributed by atoms with Gasteiger partial charge in [-0.25, -0.2) is 8.78 Å². The Morgan fingerprint density at radius 2 is 1.78 bits per heavy atom. The maximum atomic E-state index is 13.8. The van der Waals surface area contributed by atoms with Gasteiger partial charge in [0.2, 0.25) is 0 Å². The quantitative estimate of drug-likeness (QED) is 0.833. The molecule has 1 aromatic heterocycles. The molecule has 1 nitrogen and oxygen atoms in total. The fourth-order valence-corrected chi connectivity index (χ4v) is 3.51. The van der Waals surface area contributed by atoms with Gasteiger partial charge >= 0.3 is 0 Å². The Morgan fingerprint density at radius 1 is 1.06 bits per heavy atom. The van der Waals surface area contributed by atoms with Crippen molar-refractivity contribution in [2.24, 2.45) is 0 Å². The van der Waals surface area contributed by atoms with E-state index in [9.17, 15) is 8.78 Å². The number of rotatable bonds is 1. The maximum Gasteiger partial charge on any atom is 0.134 e. The van der Waals surface area contributed by atoms with Gasteiger partial charge in [-0.3, -0.25) is 0 Å². The average Bonchev–Trinajstić information content (AvgIpc) is 2.59. The number of hydrogen-bond acceptors (Lipinski definition) is 2. The molecule has 0 aliphatic carbocycles. The van der Waals surface area contributed by atoms with E-state index in [0.29, 0.717) is 0 Å². The van der Waals surface area contributed by atoms with Crippen LogP contribution in [-0.4, -0.2) is 13.1 Å². The van der Waals surface area contributed by atoms with Crippen LogP contribution in [0.15, 0.2) is 23.6 Å². The minimum atomic E-state index is -0.479. The Hall–Kier alpha value is -1.26. The van der Waals surface area contributed by atoms with Gasteiger partial charge in [0.1, 0.15) is 11.6 Å². The topological polar surface area (TPSA) is 12.0 Å². The van der Waals surface area contributed by atoms with Crippen molar-refractivity contribution in [3.05, 3.63) is 45.7 Å². The largest absolute Gasteiger partial charge is 0.316 e.